The van der Waals surface area contributed by atoms with E-state index in [-0.39, 0.29) is 35.5 Å². The number of hydrogen-bond acceptors (Lipinski definition) is 8. The number of aromatic nitrogens is 2. The fraction of sp³-hybridized carbons (Fsp3) is 0.500. The molecule has 1 atom stereocenters. The molecule has 3 heterocycles. The Morgan fingerprint density at radius 1 is 1.23 bits per heavy atom. The number of likely N-dealkylation sites (N-methyl/N-ethyl adjacent to an activating group) is 1. The van der Waals surface area contributed by atoms with Gasteiger partial charge in [-0.25, -0.2) is 9.37 Å². The highest BCUT2D eigenvalue weighted by Crippen LogP contribution is 2.39. The van der Waals surface area contributed by atoms with Crippen molar-refractivity contribution < 1.29 is 18.7 Å². The summed E-state index contributed by atoms with van der Waals surface area (Å²) in [5, 5.41) is 5.88. The number of benzene rings is 1. The van der Waals surface area contributed by atoms with Gasteiger partial charge in [0.2, 0.25) is 11.9 Å². The largest absolute Gasteiger partial charge is 0.495 e. The number of piperidine rings is 1. The summed E-state index contributed by atoms with van der Waals surface area (Å²) in [5.41, 5.74) is 0.866. The third-order valence-corrected chi connectivity index (χ3v) is 7.64. The summed E-state index contributed by atoms with van der Waals surface area (Å²) in [7, 11) is 3.21. The van der Waals surface area contributed by atoms with Gasteiger partial charge in [0.15, 0.2) is 5.82 Å². The number of allylic oxidation sites excluding steroid dienone is 1. The maximum atomic E-state index is 15.0. The van der Waals surface area contributed by atoms with E-state index in [0.717, 1.165) is 38.8 Å². The number of likely N-dealkylation sites (tertiary alicyclic amines) is 1. The molecule has 1 aromatic carbocycles. The van der Waals surface area contributed by atoms with Gasteiger partial charge in [0.25, 0.3) is 5.91 Å². The van der Waals surface area contributed by atoms with Crippen LogP contribution in [0, 0.1) is 5.82 Å². The third kappa shape index (κ3) is 5.35. The fourth-order valence-corrected chi connectivity index (χ4v) is 5.39. The normalized spacial score (nSPS) is 19.9. The molecule has 208 valence electrons. The van der Waals surface area contributed by atoms with E-state index in [2.05, 4.69) is 31.6 Å². The summed E-state index contributed by atoms with van der Waals surface area (Å²) in [6.07, 6.45) is 10.0. The van der Waals surface area contributed by atoms with E-state index in [4.69, 9.17) is 9.72 Å². The van der Waals surface area contributed by atoms with Gasteiger partial charge in [-0.15, -0.1) is 0 Å². The first-order valence-electron chi connectivity index (χ1n) is 13.6. The van der Waals surface area contributed by atoms with Crippen LogP contribution in [0.4, 0.5) is 27.5 Å². The Bertz CT molecular complexity index is 1270. The van der Waals surface area contributed by atoms with Crippen molar-refractivity contribution in [2.45, 2.75) is 64.1 Å². The molecule has 5 rings (SSSR count). The Balaban J connectivity index is 1.45. The van der Waals surface area contributed by atoms with E-state index in [1.807, 2.05) is 19.9 Å². The maximum absolute atomic E-state index is 15.0. The molecule has 2 N–H and O–H groups in total. The molecule has 1 saturated heterocycles. The van der Waals surface area contributed by atoms with Gasteiger partial charge < -0.3 is 30.1 Å². The predicted molar refractivity (Wildman–Crippen MR) is 148 cm³/mol. The zero-order valence-corrected chi connectivity index (χ0v) is 22.9. The number of ether oxygens (including phenoxy) is 1. The summed E-state index contributed by atoms with van der Waals surface area (Å²) in [6, 6.07) is 2.53. The SMILES string of the molecule is CC=CN1CCC(N2c3nc(Nc4cc(F)c(C(=O)NC5CC5)cc4OC)ncc3N(C)C(=O)[C@H]2CC)CC1. The number of anilines is 4. The van der Waals surface area contributed by atoms with Gasteiger partial charge in [0, 0.05) is 38.3 Å². The minimum absolute atomic E-state index is 0.0222. The number of nitrogens with zero attached hydrogens (tertiary/aromatic N) is 5. The predicted octanol–water partition coefficient (Wildman–Crippen LogP) is 3.82. The van der Waals surface area contributed by atoms with Crippen molar-refractivity contribution in [1.82, 2.24) is 20.2 Å². The molecule has 10 nitrogen and oxygen atoms in total. The van der Waals surface area contributed by atoms with Gasteiger partial charge in [-0.1, -0.05) is 13.0 Å². The quantitative estimate of drug-likeness (QED) is 0.524. The molecule has 1 aromatic heterocycles. The van der Waals surface area contributed by atoms with Gasteiger partial charge in [-0.05, 0) is 51.3 Å². The van der Waals surface area contributed by atoms with Crippen LogP contribution in [0.3, 0.4) is 0 Å². The van der Waals surface area contributed by atoms with Crippen molar-refractivity contribution in [3.8, 4) is 5.75 Å². The van der Waals surface area contributed by atoms with Crippen LogP contribution in [0.1, 0.15) is 56.3 Å². The number of rotatable bonds is 8. The molecular formula is C28H36FN7O3. The monoisotopic (exact) mass is 537 g/mol. The first kappa shape index (κ1) is 26.7. The van der Waals surface area contributed by atoms with Crippen LogP contribution in [0.25, 0.3) is 0 Å². The highest BCUT2D eigenvalue weighted by molar-refractivity contribution is 6.04. The number of fused-ring (bicyclic) bond motifs is 1. The average Bonchev–Trinajstić information content (AvgIpc) is 3.75. The minimum atomic E-state index is -0.666. The molecule has 2 fully saturated rings. The van der Waals surface area contributed by atoms with Crippen molar-refractivity contribution in [3.63, 3.8) is 0 Å². The van der Waals surface area contributed by atoms with Crippen molar-refractivity contribution in [2.75, 3.05) is 42.4 Å². The number of amides is 2. The molecule has 11 heteroatoms. The van der Waals surface area contributed by atoms with Gasteiger partial charge >= 0.3 is 0 Å². The van der Waals surface area contributed by atoms with Crippen LogP contribution in [0.15, 0.2) is 30.6 Å². The molecule has 3 aliphatic rings. The number of methoxy groups -OCH3 is 1. The third-order valence-electron chi connectivity index (χ3n) is 7.64. The number of carbonyl (C=O) groups excluding carboxylic acids is 2. The van der Waals surface area contributed by atoms with E-state index >= 15 is 0 Å². The summed E-state index contributed by atoms with van der Waals surface area (Å²) in [6.45, 7) is 5.82. The van der Waals surface area contributed by atoms with Crippen LogP contribution in [-0.2, 0) is 4.79 Å². The fourth-order valence-electron chi connectivity index (χ4n) is 5.39. The lowest BCUT2D eigenvalue weighted by Crippen LogP contribution is -2.58. The summed E-state index contributed by atoms with van der Waals surface area (Å²) in [5.74, 6) is 0.112. The Labute approximate surface area is 228 Å². The Hall–Kier alpha value is -3.89. The number of halogens is 1. The van der Waals surface area contributed by atoms with Crippen molar-refractivity contribution >= 4 is 35.0 Å². The van der Waals surface area contributed by atoms with Crippen molar-refractivity contribution in [1.29, 1.82) is 0 Å². The molecule has 1 aliphatic carbocycles. The Morgan fingerprint density at radius 2 is 1.97 bits per heavy atom. The van der Waals surface area contributed by atoms with Crippen molar-refractivity contribution in [2.24, 2.45) is 0 Å². The number of carbonyl (C=O) groups is 2. The highest BCUT2D eigenvalue weighted by atomic mass is 19.1. The van der Waals surface area contributed by atoms with Gasteiger partial charge in [-0.2, -0.15) is 4.98 Å². The highest BCUT2D eigenvalue weighted by Gasteiger charge is 2.41. The first-order chi connectivity index (χ1) is 18.8. The molecule has 2 aromatic rings. The second-order valence-electron chi connectivity index (χ2n) is 10.3. The van der Waals surface area contributed by atoms with E-state index in [1.54, 1.807) is 18.1 Å². The van der Waals surface area contributed by atoms with Crippen LogP contribution in [0.2, 0.25) is 0 Å². The summed E-state index contributed by atoms with van der Waals surface area (Å²) >= 11 is 0. The molecule has 0 unspecified atom stereocenters. The zero-order valence-electron chi connectivity index (χ0n) is 22.9. The molecule has 0 radical (unpaired) electrons. The molecular weight excluding hydrogens is 501 g/mol. The topological polar surface area (TPSA) is 103 Å². The van der Waals surface area contributed by atoms with Crippen LogP contribution < -0.4 is 25.2 Å². The van der Waals surface area contributed by atoms with E-state index < -0.39 is 11.7 Å². The molecule has 2 amide bonds. The van der Waals surface area contributed by atoms with Crippen LogP contribution in [-0.4, -0.2) is 72.1 Å². The maximum Gasteiger partial charge on any atom is 0.254 e. The first-order valence-corrected chi connectivity index (χ1v) is 13.6. The lowest BCUT2D eigenvalue weighted by molar-refractivity contribution is -0.120. The second kappa shape index (κ2) is 11.1. The van der Waals surface area contributed by atoms with Gasteiger partial charge in [-0.3, -0.25) is 9.59 Å². The smallest absolute Gasteiger partial charge is 0.254 e. The molecule has 39 heavy (non-hydrogen) atoms. The molecule has 0 spiro atoms. The lowest BCUT2D eigenvalue weighted by Gasteiger charge is -2.46. The van der Waals surface area contributed by atoms with Crippen LogP contribution in [0.5, 0.6) is 5.75 Å². The van der Waals surface area contributed by atoms with Gasteiger partial charge in [0.1, 0.15) is 23.3 Å². The Morgan fingerprint density at radius 3 is 2.62 bits per heavy atom. The summed E-state index contributed by atoms with van der Waals surface area (Å²) < 4.78 is 20.5. The number of hydrogen-bond donors (Lipinski definition) is 2. The molecule has 1 saturated carbocycles. The Kier molecular flexibility index (Phi) is 7.58. The average molecular weight is 538 g/mol. The zero-order chi connectivity index (χ0) is 27.7. The number of nitrogens with one attached hydrogen (secondary N) is 2. The van der Waals surface area contributed by atoms with E-state index in [1.165, 1.54) is 19.2 Å². The van der Waals surface area contributed by atoms with E-state index in [0.29, 0.717) is 29.4 Å². The summed E-state index contributed by atoms with van der Waals surface area (Å²) in [4.78, 5) is 41.1. The minimum Gasteiger partial charge on any atom is -0.495 e. The van der Waals surface area contributed by atoms with Gasteiger partial charge in [0.05, 0.1) is 24.6 Å². The molecule has 2 aliphatic heterocycles. The van der Waals surface area contributed by atoms with Crippen molar-refractivity contribution in [3.05, 3.63) is 42.0 Å². The molecule has 0 bridgehead atoms. The standard InChI is InChI=1S/C28H36FN7O3/c1-5-11-35-12-9-18(10-13-35)36-22(6-2)27(38)34(3)23-16-30-28(33-25(23)36)32-21-15-20(29)19(14-24(21)39-4)26(37)31-17-7-8-17/h5,11,14-18,22H,6-10,12-13H2,1-4H3,(H,31,37)(H,30,32,33)/t22-/m1/s1. The second-order valence-corrected chi connectivity index (χ2v) is 10.3. The lowest BCUT2D eigenvalue weighted by atomic mass is 9.97. The van der Waals surface area contributed by atoms with E-state index in [9.17, 15) is 14.0 Å². The van der Waals surface area contributed by atoms with Crippen LogP contribution >= 0.6 is 0 Å².